The molecule has 2 rings (SSSR count). The number of ether oxygens (including phenoxy) is 1. The Morgan fingerprint density at radius 1 is 1.47 bits per heavy atom. The molecule has 5 nitrogen and oxygen atoms in total. The topological polar surface area (TPSA) is 66.8 Å². The van der Waals surface area contributed by atoms with Crippen LogP contribution in [0, 0.1) is 5.92 Å². The number of rotatable bonds is 3. The van der Waals surface area contributed by atoms with E-state index >= 15 is 0 Å². The maximum atomic E-state index is 12.6. The average Bonchev–Trinajstić information content (AvgIpc) is 2.85. The van der Waals surface area contributed by atoms with Crippen molar-refractivity contribution >= 4 is 11.9 Å². The Morgan fingerprint density at radius 2 is 2.21 bits per heavy atom. The van der Waals surface area contributed by atoms with Gasteiger partial charge in [-0.3, -0.25) is 4.79 Å². The van der Waals surface area contributed by atoms with Gasteiger partial charge in [0.25, 0.3) is 5.91 Å². The molecule has 2 fully saturated rings. The van der Waals surface area contributed by atoms with Gasteiger partial charge in [-0.2, -0.15) is 0 Å². The van der Waals surface area contributed by atoms with Crippen LogP contribution in [0.5, 0.6) is 0 Å². The lowest BCUT2D eigenvalue weighted by Crippen LogP contribution is -2.56. The van der Waals surface area contributed by atoms with Gasteiger partial charge in [-0.1, -0.05) is 13.3 Å². The summed E-state index contributed by atoms with van der Waals surface area (Å²) in [5.74, 6) is -0.637. The second-order valence-electron chi connectivity index (χ2n) is 5.83. The zero-order chi connectivity index (χ0) is 14.0. The summed E-state index contributed by atoms with van der Waals surface area (Å²) in [4.78, 5) is 25.5. The molecule has 3 atom stereocenters. The average molecular weight is 269 g/mol. The van der Waals surface area contributed by atoms with E-state index < -0.39 is 17.6 Å². The van der Waals surface area contributed by atoms with E-state index in [9.17, 15) is 14.7 Å². The SMILES string of the molecule is CCC1CCN(C(=O)C2(C)CCCO2)C(C(=O)O)C1. The number of amides is 1. The molecule has 2 aliphatic rings. The molecule has 0 saturated carbocycles. The Kier molecular flexibility index (Phi) is 4.13. The van der Waals surface area contributed by atoms with Crippen molar-refractivity contribution in [1.82, 2.24) is 4.90 Å². The molecule has 0 aromatic rings. The lowest BCUT2D eigenvalue weighted by atomic mass is 9.87. The minimum absolute atomic E-state index is 0.146. The van der Waals surface area contributed by atoms with Crippen molar-refractivity contribution in [1.29, 1.82) is 0 Å². The van der Waals surface area contributed by atoms with Gasteiger partial charge < -0.3 is 14.7 Å². The fourth-order valence-corrected chi connectivity index (χ4v) is 3.14. The van der Waals surface area contributed by atoms with Crippen LogP contribution in [0.1, 0.15) is 46.0 Å². The number of hydrogen-bond acceptors (Lipinski definition) is 3. The Hall–Kier alpha value is -1.10. The number of aliphatic carboxylic acids is 1. The maximum Gasteiger partial charge on any atom is 0.326 e. The molecular weight excluding hydrogens is 246 g/mol. The van der Waals surface area contributed by atoms with Crippen molar-refractivity contribution in [2.75, 3.05) is 13.2 Å². The summed E-state index contributed by atoms with van der Waals surface area (Å²) in [6.45, 7) is 4.98. The molecule has 1 N–H and O–H groups in total. The predicted molar refractivity (Wildman–Crippen MR) is 69.7 cm³/mol. The first-order valence-corrected chi connectivity index (χ1v) is 7.16. The predicted octanol–water partition coefficient (Wildman–Crippen LogP) is 1.66. The maximum absolute atomic E-state index is 12.6. The highest BCUT2D eigenvalue weighted by Gasteiger charge is 2.45. The van der Waals surface area contributed by atoms with Gasteiger partial charge in [0.2, 0.25) is 0 Å². The van der Waals surface area contributed by atoms with Crippen molar-refractivity contribution in [3.05, 3.63) is 0 Å². The lowest BCUT2D eigenvalue weighted by Gasteiger charge is -2.40. The number of likely N-dealkylation sites (tertiary alicyclic amines) is 1. The van der Waals surface area contributed by atoms with Crippen molar-refractivity contribution in [2.45, 2.75) is 57.6 Å². The zero-order valence-corrected chi connectivity index (χ0v) is 11.7. The van der Waals surface area contributed by atoms with E-state index in [0.29, 0.717) is 31.9 Å². The van der Waals surface area contributed by atoms with E-state index in [-0.39, 0.29) is 5.91 Å². The summed E-state index contributed by atoms with van der Waals surface area (Å²) in [7, 11) is 0. The number of carbonyl (C=O) groups excluding carboxylic acids is 1. The van der Waals surface area contributed by atoms with Crippen molar-refractivity contribution in [3.8, 4) is 0 Å². The van der Waals surface area contributed by atoms with Crippen molar-refractivity contribution < 1.29 is 19.4 Å². The molecule has 19 heavy (non-hydrogen) atoms. The Labute approximate surface area is 113 Å². The van der Waals surface area contributed by atoms with Gasteiger partial charge >= 0.3 is 5.97 Å². The van der Waals surface area contributed by atoms with E-state index in [1.807, 2.05) is 0 Å². The first kappa shape index (κ1) is 14.3. The van der Waals surface area contributed by atoms with Gasteiger partial charge in [-0.05, 0) is 38.5 Å². The molecule has 0 aromatic carbocycles. The molecule has 2 aliphatic heterocycles. The number of carbonyl (C=O) groups is 2. The van der Waals surface area contributed by atoms with Gasteiger partial charge in [0, 0.05) is 13.2 Å². The monoisotopic (exact) mass is 269 g/mol. The fourth-order valence-electron chi connectivity index (χ4n) is 3.14. The summed E-state index contributed by atoms with van der Waals surface area (Å²) in [5, 5.41) is 9.36. The summed E-state index contributed by atoms with van der Waals surface area (Å²) in [6, 6.07) is -0.688. The van der Waals surface area contributed by atoms with Crippen LogP contribution >= 0.6 is 0 Å². The molecule has 0 aliphatic carbocycles. The summed E-state index contributed by atoms with van der Waals surface area (Å²) < 4.78 is 5.55. The number of carboxylic acids is 1. The van der Waals surface area contributed by atoms with Crippen LogP contribution in [-0.4, -0.2) is 46.7 Å². The van der Waals surface area contributed by atoms with Gasteiger partial charge in [-0.25, -0.2) is 4.79 Å². The number of nitrogens with zero attached hydrogens (tertiary/aromatic N) is 1. The van der Waals surface area contributed by atoms with Gasteiger partial charge in [0.15, 0.2) is 0 Å². The number of hydrogen-bond donors (Lipinski definition) is 1. The van der Waals surface area contributed by atoms with Crippen molar-refractivity contribution in [3.63, 3.8) is 0 Å². The number of piperidine rings is 1. The summed E-state index contributed by atoms with van der Waals surface area (Å²) in [6.07, 6.45) is 3.98. The third-order valence-electron chi connectivity index (χ3n) is 4.51. The molecule has 5 heteroatoms. The third-order valence-corrected chi connectivity index (χ3v) is 4.51. The van der Waals surface area contributed by atoms with Gasteiger partial charge in [0.1, 0.15) is 11.6 Å². The summed E-state index contributed by atoms with van der Waals surface area (Å²) >= 11 is 0. The highest BCUT2D eigenvalue weighted by atomic mass is 16.5. The molecule has 0 spiro atoms. The van der Waals surface area contributed by atoms with E-state index in [1.54, 1.807) is 6.92 Å². The van der Waals surface area contributed by atoms with Gasteiger partial charge in [-0.15, -0.1) is 0 Å². The van der Waals surface area contributed by atoms with E-state index in [2.05, 4.69) is 6.92 Å². The molecule has 2 saturated heterocycles. The van der Waals surface area contributed by atoms with Gasteiger partial charge in [0.05, 0.1) is 0 Å². The molecular formula is C14H23NO4. The lowest BCUT2D eigenvalue weighted by molar-refractivity contribution is -0.164. The van der Waals surface area contributed by atoms with Crippen molar-refractivity contribution in [2.24, 2.45) is 5.92 Å². The molecule has 0 radical (unpaired) electrons. The van der Waals surface area contributed by atoms with Crippen LogP contribution in [0.25, 0.3) is 0 Å². The minimum Gasteiger partial charge on any atom is -0.480 e. The first-order chi connectivity index (χ1) is 8.98. The molecule has 3 unspecified atom stereocenters. The minimum atomic E-state index is -0.895. The fraction of sp³-hybridized carbons (Fsp3) is 0.857. The molecule has 2 heterocycles. The summed E-state index contributed by atoms with van der Waals surface area (Å²) in [5.41, 5.74) is -0.813. The van der Waals surface area contributed by atoms with Crippen LogP contribution in [0.4, 0.5) is 0 Å². The van der Waals surface area contributed by atoms with E-state index in [1.165, 1.54) is 4.90 Å². The smallest absolute Gasteiger partial charge is 0.326 e. The van der Waals surface area contributed by atoms with Crippen LogP contribution in [0.3, 0.4) is 0 Å². The third kappa shape index (κ3) is 2.76. The normalized spacial score (nSPS) is 35.4. The second kappa shape index (κ2) is 5.49. The second-order valence-corrected chi connectivity index (χ2v) is 5.83. The molecule has 1 amide bonds. The van der Waals surface area contributed by atoms with Crippen LogP contribution < -0.4 is 0 Å². The van der Waals surface area contributed by atoms with Crippen LogP contribution in [0.15, 0.2) is 0 Å². The standard InChI is InChI=1S/C14H23NO4/c1-3-10-5-7-15(11(9-10)12(16)17)13(18)14(2)6-4-8-19-14/h10-11H,3-9H2,1-2H3,(H,16,17). The van der Waals surface area contributed by atoms with E-state index in [0.717, 1.165) is 19.3 Å². The Morgan fingerprint density at radius 3 is 2.74 bits per heavy atom. The first-order valence-electron chi connectivity index (χ1n) is 7.16. The quantitative estimate of drug-likeness (QED) is 0.846. The molecule has 0 bridgehead atoms. The highest BCUT2D eigenvalue weighted by Crippen LogP contribution is 2.32. The van der Waals surface area contributed by atoms with E-state index in [4.69, 9.17) is 4.74 Å². The van der Waals surface area contributed by atoms with Crippen LogP contribution in [-0.2, 0) is 14.3 Å². The number of carboxylic acid groups (broad SMARTS) is 1. The zero-order valence-electron chi connectivity index (χ0n) is 11.7. The highest BCUT2D eigenvalue weighted by molar-refractivity contribution is 5.89. The van der Waals surface area contributed by atoms with Crippen LogP contribution in [0.2, 0.25) is 0 Å². The molecule has 0 aromatic heterocycles. The Bertz CT molecular complexity index is 362. The largest absolute Gasteiger partial charge is 0.480 e. The molecule has 108 valence electrons. The Balaban J connectivity index is 2.13.